The molecule has 2 rings (SSSR count). The average molecular weight is 273 g/mol. The van der Waals surface area contributed by atoms with Crippen molar-refractivity contribution >= 4 is 22.2 Å². The number of nitrogens with one attached hydrogen (secondary N) is 1. The van der Waals surface area contributed by atoms with Gasteiger partial charge >= 0.3 is 0 Å². The van der Waals surface area contributed by atoms with Gasteiger partial charge in [-0.15, -0.1) is 11.3 Å². The molecule has 0 radical (unpaired) electrons. The van der Waals surface area contributed by atoms with Gasteiger partial charge in [0, 0.05) is 22.1 Å². The number of hydrogen-bond donors (Lipinski definition) is 1. The highest BCUT2D eigenvalue weighted by atomic mass is 32.1. The van der Waals surface area contributed by atoms with Crippen molar-refractivity contribution in [2.24, 2.45) is 10.5 Å². The fourth-order valence-electron chi connectivity index (χ4n) is 1.37. The maximum Gasteiger partial charge on any atom is 0.203 e. The van der Waals surface area contributed by atoms with E-state index in [4.69, 9.17) is 0 Å². The fourth-order valence-corrected chi connectivity index (χ4v) is 2.03. The molecule has 0 spiro atoms. The maximum atomic E-state index is 4.53. The van der Waals surface area contributed by atoms with E-state index in [1.54, 1.807) is 11.3 Å². The Morgan fingerprint density at radius 2 is 1.89 bits per heavy atom. The summed E-state index contributed by atoms with van der Waals surface area (Å²) in [5.41, 5.74) is 6.28. The molecule has 19 heavy (non-hydrogen) atoms. The zero-order valence-electron chi connectivity index (χ0n) is 11.8. The molecular weight excluding hydrogens is 254 g/mol. The van der Waals surface area contributed by atoms with Crippen molar-refractivity contribution < 1.29 is 0 Å². The lowest BCUT2D eigenvalue weighted by molar-refractivity contribution is 0.587. The lowest BCUT2D eigenvalue weighted by atomic mass is 9.91. The summed E-state index contributed by atoms with van der Waals surface area (Å²) in [5.74, 6) is 0. The van der Waals surface area contributed by atoms with Gasteiger partial charge in [-0.05, 0) is 6.92 Å². The van der Waals surface area contributed by atoms with Crippen molar-refractivity contribution in [3.8, 4) is 11.3 Å². The number of hydrazone groups is 1. The molecular formula is C15H19N3S. The van der Waals surface area contributed by atoms with Crippen LogP contribution in [0, 0.1) is 5.41 Å². The van der Waals surface area contributed by atoms with Crippen LogP contribution in [0.25, 0.3) is 11.3 Å². The molecule has 4 heteroatoms. The summed E-state index contributed by atoms with van der Waals surface area (Å²) in [6.45, 7) is 8.46. The van der Waals surface area contributed by atoms with E-state index in [1.165, 1.54) is 0 Å². The van der Waals surface area contributed by atoms with Crippen molar-refractivity contribution in [1.29, 1.82) is 0 Å². The summed E-state index contributed by atoms with van der Waals surface area (Å²) < 4.78 is 0. The van der Waals surface area contributed by atoms with Crippen molar-refractivity contribution in [1.82, 2.24) is 4.98 Å². The third-order valence-corrected chi connectivity index (χ3v) is 3.73. The van der Waals surface area contributed by atoms with E-state index >= 15 is 0 Å². The Morgan fingerprint density at radius 3 is 2.53 bits per heavy atom. The minimum Gasteiger partial charge on any atom is -0.253 e. The SMILES string of the molecule is CC(=NNc1nc(-c2ccccc2)cs1)C(C)(C)C. The van der Waals surface area contributed by atoms with Crippen LogP contribution in [0.3, 0.4) is 0 Å². The molecule has 1 N–H and O–H groups in total. The van der Waals surface area contributed by atoms with Gasteiger partial charge in [0.25, 0.3) is 0 Å². The number of hydrogen-bond acceptors (Lipinski definition) is 4. The van der Waals surface area contributed by atoms with Gasteiger partial charge in [-0.1, -0.05) is 51.1 Å². The molecule has 0 atom stereocenters. The second-order valence-electron chi connectivity index (χ2n) is 5.46. The van der Waals surface area contributed by atoms with Crippen LogP contribution in [0.1, 0.15) is 27.7 Å². The molecule has 2 aromatic rings. The van der Waals surface area contributed by atoms with Crippen LogP contribution in [0.15, 0.2) is 40.8 Å². The normalized spacial score (nSPS) is 12.5. The molecule has 0 amide bonds. The first-order valence-corrected chi connectivity index (χ1v) is 7.16. The third kappa shape index (κ3) is 3.64. The Kier molecular flexibility index (Phi) is 4.00. The summed E-state index contributed by atoms with van der Waals surface area (Å²) in [6.07, 6.45) is 0. The van der Waals surface area contributed by atoms with E-state index in [1.807, 2.05) is 30.5 Å². The van der Waals surface area contributed by atoms with Crippen LogP contribution in [-0.2, 0) is 0 Å². The highest BCUT2D eigenvalue weighted by Gasteiger charge is 2.14. The van der Waals surface area contributed by atoms with Gasteiger partial charge in [0.2, 0.25) is 5.13 Å². The Morgan fingerprint density at radius 1 is 1.21 bits per heavy atom. The minimum atomic E-state index is 0.0759. The summed E-state index contributed by atoms with van der Waals surface area (Å²) in [5, 5.41) is 7.25. The third-order valence-electron chi connectivity index (χ3n) is 2.98. The number of aromatic nitrogens is 1. The average Bonchev–Trinajstić information content (AvgIpc) is 2.84. The number of anilines is 1. The van der Waals surface area contributed by atoms with Gasteiger partial charge in [0.1, 0.15) is 0 Å². The zero-order chi connectivity index (χ0) is 13.9. The van der Waals surface area contributed by atoms with Crippen LogP contribution in [0.5, 0.6) is 0 Å². The van der Waals surface area contributed by atoms with E-state index in [9.17, 15) is 0 Å². The van der Waals surface area contributed by atoms with E-state index in [2.05, 4.69) is 48.4 Å². The summed E-state index contributed by atoms with van der Waals surface area (Å²) in [4.78, 5) is 4.53. The molecule has 0 aliphatic heterocycles. The smallest absolute Gasteiger partial charge is 0.203 e. The molecule has 100 valence electrons. The first kappa shape index (κ1) is 13.7. The predicted molar refractivity (Wildman–Crippen MR) is 83.7 cm³/mol. The zero-order valence-corrected chi connectivity index (χ0v) is 12.6. The molecule has 1 heterocycles. The van der Waals surface area contributed by atoms with Crippen molar-refractivity contribution in [3.05, 3.63) is 35.7 Å². The molecule has 1 aromatic carbocycles. The van der Waals surface area contributed by atoms with E-state index in [-0.39, 0.29) is 5.41 Å². The lowest BCUT2D eigenvalue weighted by Gasteiger charge is -2.17. The predicted octanol–water partition coefficient (Wildman–Crippen LogP) is 4.64. The van der Waals surface area contributed by atoms with Crippen LogP contribution in [0.2, 0.25) is 0 Å². The summed E-state index contributed by atoms with van der Waals surface area (Å²) in [7, 11) is 0. The topological polar surface area (TPSA) is 37.3 Å². The van der Waals surface area contributed by atoms with Gasteiger partial charge in [0.15, 0.2) is 0 Å². The highest BCUT2D eigenvalue weighted by molar-refractivity contribution is 7.14. The van der Waals surface area contributed by atoms with Crippen LogP contribution < -0.4 is 5.43 Å². The Hall–Kier alpha value is -1.68. The van der Waals surface area contributed by atoms with Gasteiger partial charge in [-0.3, -0.25) is 5.43 Å². The van der Waals surface area contributed by atoms with Gasteiger partial charge in [-0.25, -0.2) is 4.98 Å². The standard InChI is InChI=1S/C15H19N3S/c1-11(15(2,3)4)17-18-14-16-13(10-19-14)12-8-6-5-7-9-12/h5-10H,1-4H3,(H,16,18). The number of rotatable bonds is 3. The first-order valence-electron chi connectivity index (χ1n) is 6.28. The monoisotopic (exact) mass is 273 g/mol. The largest absolute Gasteiger partial charge is 0.253 e. The quantitative estimate of drug-likeness (QED) is 0.653. The van der Waals surface area contributed by atoms with Crippen molar-refractivity contribution in [2.45, 2.75) is 27.7 Å². The maximum absolute atomic E-state index is 4.53. The second-order valence-corrected chi connectivity index (χ2v) is 6.32. The number of benzene rings is 1. The van der Waals surface area contributed by atoms with Gasteiger partial charge in [0.05, 0.1) is 5.69 Å². The summed E-state index contributed by atoms with van der Waals surface area (Å²) >= 11 is 1.57. The van der Waals surface area contributed by atoms with Crippen LogP contribution in [0.4, 0.5) is 5.13 Å². The Bertz CT molecular complexity index is 565. The number of nitrogens with zero attached hydrogens (tertiary/aromatic N) is 2. The molecule has 0 fully saturated rings. The molecule has 0 aliphatic rings. The Balaban J connectivity index is 2.11. The molecule has 0 saturated carbocycles. The lowest BCUT2D eigenvalue weighted by Crippen LogP contribution is -2.18. The fraction of sp³-hybridized carbons (Fsp3) is 0.333. The van der Waals surface area contributed by atoms with Crippen molar-refractivity contribution in [2.75, 3.05) is 5.43 Å². The molecule has 1 aromatic heterocycles. The molecule has 0 saturated heterocycles. The second kappa shape index (κ2) is 5.53. The number of thiazole rings is 1. The first-order chi connectivity index (χ1) is 8.97. The molecule has 0 unspecified atom stereocenters. The van der Waals surface area contributed by atoms with Crippen LogP contribution >= 0.6 is 11.3 Å². The van der Waals surface area contributed by atoms with Crippen LogP contribution in [-0.4, -0.2) is 10.7 Å². The van der Waals surface area contributed by atoms with Crippen molar-refractivity contribution in [3.63, 3.8) is 0 Å². The van der Waals surface area contributed by atoms with Gasteiger partial charge in [-0.2, -0.15) is 5.10 Å². The van der Waals surface area contributed by atoms with E-state index in [0.29, 0.717) is 0 Å². The van der Waals surface area contributed by atoms with E-state index in [0.717, 1.165) is 22.1 Å². The minimum absolute atomic E-state index is 0.0759. The van der Waals surface area contributed by atoms with E-state index < -0.39 is 0 Å². The summed E-state index contributed by atoms with van der Waals surface area (Å²) in [6, 6.07) is 10.2. The van der Waals surface area contributed by atoms with Gasteiger partial charge < -0.3 is 0 Å². The highest BCUT2D eigenvalue weighted by Crippen LogP contribution is 2.25. The molecule has 0 bridgehead atoms. The molecule has 0 aliphatic carbocycles. The molecule has 3 nitrogen and oxygen atoms in total. The Labute approximate surface area is 118 Å².